The summed E-state index contributed by atoms with van der Waals surface area (Å²) >= 11 is 1.81. The number of hydrogen-bond acceptors (Lipinski definition) is 3. The number of benzene rings is 2. The van der Waals surface area contributed by atoms with Gasteiger partial charge in [-0.1, -0.05) is 6.07 Å². The predicted molar refractivity (Wildman–Crippen MR) is 97.9 cm³/mol. The van der Waals surface area contributed by atoms with Crippen LogP contribution in [-0.2, 0) is 5.75 Å². The zero-order valence-corrected chi connectivity index (χ0v) is 15.6. The van der Waals surface area contributed by atoms with Crippen molar-refractivity contribution in [3.8, 4) is 5.75 Å². The number of ether oxygens (including phenoxy) is 1. The lowest BCUT2D eigenvalue weighted by Gasteiger charge is -2.16. The third kappa shape index (κ3) is 3.78. The molecule has 0 aliphatic rings. The van der Waals surface area contributed by atoms with E-state index in [1.807, 2.05) is 30.0 Å². The monoisotopic (exact) mass is 328 g/mol. The van der Waals surface area contributed by atoms with Crippen LogP contribution < -0.4 is 4.74 Å². The van der Waals surface area contributed by atoms with Crippen LogP contribution in [0.4, 0.5) is 0 Å². The van der Waals surface area contributed by atoms with Crippen LogP contribution in [-0.4, -0.2) is 12.9 Å². The third-order valence-electron chi connectivity index (χ3n) is 4.36. The fraction of sp³-hybridized carbons (Fsp3) is 0.350. The van der Waals surface area contributed by atoms with Gasteiger partial charge >= 0.3 is 0 Å². The highest BCUT2D eigenvalue weighted by Crippen LogP contribution is 2.35. The lowest BCUT2D eigenvalue weighted by atomic mass is 10.0. The summed E-state index contributed by atoms with van der Waals surface area (Å²) in [6, 6.07) is 7.89. The highest BCUT2D eigenvalue weighted by Gasteiger charge is 2.12. The predicted octanol–water partition coefficient (Wildman–Crippen LogP) is 5.42. The van der Waals surface area contributed by atoms with E-state index in [1.165, 1.54) is 27.1 Å². The Morgan fingerprint density at radius 1 is 1.04 bits per heavy atom. The van der Waals surface area contributed by atoms with Gasteiger partial charge in [0, 0.05) is 21.8 Å². The molecular formula is C20H24O2S. The first kappa shape index (κ1) is 17.6. The molecule has 2 aromatic carbocycles. The number of methoxy groups -OCH3 is 1. The molecule has 2 aromatic rings. The summed E-state index contributed by atoms with van der Waals surface area (Å²) < 4.78 is 5.45. The van der Waals surface area contributed by atoms with Crippen molar-refractivity contribution in [2.24, 2.45) is 0 Å². The maximum atomic E-state index is 11.6. The van der Waals surface area contributed by atoms with Crippen LogP contribution in [0.15, 0.2) is 29.2 Å². The molecule has 0 saturated heterocycles. The highest BCUT2D eigenvalue weighted by atomic mass is 32.2. The van der Waals surface area contributed by atoms with E-state index < -0.39 is 0 Å². The molecule has 0 aliphatic heterocycles. The number of hydrogen-bond donors (Lipinski definition) is 0. The van der Waals surface area contributed by atoms with Crippen molar-refractivity contribution < 1.29 is 9.53 Å². The Hall–Kier alpha value is -1.74. The van der Waals surface area contributed by atoms with Crippen molar-refractivity contribution >= 4 is 17.5 Å². The van der Waals surface area contributed by atoms with Gasteiger partial charge in [-0.25, -0.2) is 0 Å². The van der Waals surface area contributed by atoms with E-state index in [0.717, 1.165) is 22.6 Å². The minimum absolute atomic E-state index is 0.0812. The van der Waals surface area contributed by atoms with E-state index >= 15 is 0 Å². The van der Waals surface area contributed by atoms with E-state index in [4.69, 9.17) is 4.74 Å². The summed E-state index contributed by atoms with van der Waals surface area (Å²) in [4.78, 5) is 13.0. The first-order chi connectivity index (χ1) is 10.8. The van der Waals surface area contributed by atoms with Crippen molar-refractivity contribution in [1.82, 2.24) is 0 Å². The van der Waals surface area contributed by atoms with Crippen molar-refractivity contribution in [2.75, 3.05) is 7.11 Å². The van der Waals surface area contributed by atoms with Gasteiger partial charge in [0.05, 0.1) is 7.11 Å². The number of carbonyl (C=O) groups is 1. The lowest BCUT2D eigenvalue weighted by Crippen LogP contribution is -1.98. The number of aryl methyl sites for hydroxylation is 2. The summed E-state index contributed by atoms with van der Waals surface area (Å²) in [5, 5.41) is 0. The van der Waals surface area contributed by atoms with Crippen LogP contribution in [0, 0.1) is 27.7 Å². The standard InChI is InChI=1S/C20H24O2S/c1-12-9-13(2)15(4)20(14(12)3)23-11-18-10-17(16(5)21)7-8-19(18)22-6/h7-10H,11H2,1-6H3. The Kier molecular flexibility index (Phi) is 5.53. The largest absolute Gasteiger partial charge is 0.496 e. The van der Waals surface area contributed by atoms with Crippen LogP contribution in [0.25, 0.3) is 0 Å². The Bertz CT molecular complexity index is 722. The molecule has 2 rings (SSSR count). The fourth-order valence-electron chi connectivity index (χ4n) is 2.66. The minimum atomic E-state index is 0.0812. The van der Waals surface area contributed by atoms with Gasteiger partial charge in [-0.15, -0.1) is 11.8 Å². The fourth-order valence-corrected chi connectivity index (χ4v) is 3.94. The van der Waals surface area contributed by atoms with Gasteiger partial charge < -0.3 is 4.74 Å². The molecule has 0 aromatic heterocycles. The zero-order chi connectivity index (χ0) is 17.1. The maximum absolute atomic E-state index is 11.6. The van der Waals surface area contributed by atoms with Gasteiger partial charge in [-0.05, 0) is 75.1 Å². The molecule has 3 heteroatoms. The van der Waals surface area contributed by atoms with Gasteiger partial charge in [0.15, 0.2) is 5.78 Å². The Morgan fingerprint density at radius 3 is 2.17 bits per heavy atom. The van der Waals surface area contributed by atoms with Crippen LogP contribution in [0.3, 0.4) is 0 Å². The van der Waals surface area contributed by atoms with Gasteiger partial charge in [0.2, 0.25) is 0 Å². The summed E-state index contributed by atoms with van der Waals surface area (Å²) in [6.45, 7) is 10.3. The molecule has 0 N–H and O–H groups in total. The molecule has 0 saturated carbocycles. The van der Waals surface area contributed by atoms with E-state index in [-0.39, 0.29) is 5.78 Å². The number of Topliss-reactive ketones (excluding diaryl/α,β-unsaturated/α-hetero) is 1. The highest BCUT2D eigenvalue weighted by molar-refractivity contribution is 7.98. The third-order valence-corrected chi connectivity index (χ3v) is 5.71. The van der Waals surface area contributed by atoms with Crippen molar-refractivity contribution in [2.45, 2.75) is 45.3 Å². The molecule has 0 aliphatic carbocycles. The topological polar surface area (TPSA) is 26.3 Å². The first-order valence-electron chi connectivity index (χ1n) is 7.73. The normalized spacial score (nSPS) is 10.7. The maximum Gasteiger partial charge on any atom is 0.159 e. The van der Waals surface area contributed by atoms with Crippen LogP contribution in [0.5, 0.6) is 5.75 Å². The van der Waals surface area contributed by atoms with Gasteiger partial charge in [-0.2, -0.15) is 0 Å². The van der Waals surface area contributed by atoms with Gasteiger partial charge in [0.25, 0.3) is 0 Å². The molecule has 0 bridgehead atoms. The first-order valence-corrected chi connectivity index (χ1v) is 8.71. The molecule has 0 heterocycles. The molecule has 122 valence electrons. The molecule has 0 atom stereocenters. The molecule has 0 fully saturated rings. The molecule has 0 spiro atoms. The number of carbonyl (C=O) groups excluding carboxylic acids is 1. The summed E-state index contributed by atoms with van der Waals surface area (Å²) in [7, 11) is 1.67. The van der Waals surface area contributed by atoms with Crippen molar-refractivity contribution in [3.63, 3.8) is 0 Å². The van der Waals surface area contributed by atoms with Crippen molar-refractivity contribution in [3.05, 3.63) is 57.6 Å². The Labute approximate surface area is 143 Å². The van der Waals surface area contributed by atoms with Gasteiger partial charge in [-0.3, -0.25) is 4.79 Å². The second kappa shape index (κ2) is 7.22. The summed E-state index contributed by atoms with van der Waals surface area (Å²) in [5.74, 6) is 1.70. The van der Waals surface area contributed by atoms with E-state index in [1.54, 1.807) is 14.0 Å². The molecule has 23 heavy (non-hydrogen) atoms. The van der Waals surface area contributed by atoms with E-state index in [0.29, 0.717) is 0 Å². The molecule has 0 unspecified atom stereocenters. The average molecular weight is 328 g/mol. The Balaban J connectivity index is 2.35. The minimum Gasteiger partial charge on any atom is -0.496 e. The molecule has 2 nitrogen and oxygen atoms in total. The smallest absolute Gasteiger partial charge is 0.159 e. The molecule has 0 amide bonds. The van der Waals surface area contributed by atoms with E-state index in [9.17, 15) is 4.79 Å². The van der Waals surface area contributed by atoms with E-state index in [2.05, 4.69) is 33.8 Å². The average Bonchev–Trinajstić information content (AvgIpc) is 2.52. The lowest BCUT2D eigenvalue weighted by molar-refractivity contribution is 0.101. The molecular weight excluding hydrogens is 304 g/mol. The number of ketones is 1. The second-order valence-corrected chi connectivity index (χ2v) is 6.95. The van der Waals surface area contributed by atoms with Crippen LogP contribution in [0.2, 0.25) is 0 Å². The zero-order valence-electron chi connectivity index (χ0n) is 14.7. The second-order valence-electron chi connectivity index (χ2n) is 5.96. The number of rotatable bonds is 5. The number of thioether (sulfide) groups is 1. The summed E-state index contributed by atoms with van der Waals surface area (Å²) in [6.07, 6.45) is 0. The molecule has 0 radical (unpaired) electrons. The van der Waals surface area contributed by atoms with Crippen molar-refractivity contribution in [1.29, 1.82) is 0 Å². The summed E-state index contributed by atoms with van der Waals surface area (Å²) in [5.41, 5.74) is 7.10. The quantitative estimate of drug-likeness (QED) is 0.541. The van der Waals surface area contributed by atoms with Gasteiger partial charge in [0.1, 0.15) is 5.75 Å². The Morgan fingerprint density at radius 2 is 1.65 bits per heavy atom. The SMILES string of the molecule is COc1ccc(C(C)=O)cc1CSc1c(C)c(C)cc(C)c1C. The van der Waals surface area contributed by atoms with Crippen LogP contribution >= 0.6 is 11.8 Å². The van der Waals surface area contributed by atoms with Crippen LogP contribution in [0.1, 0.15) is 45.1 Å².